The first-order valence-corrected chi connectivity index (χ1v) is 11.2. The summed E-state index contributed by atoms with van der Waals surface area (Å²) in [6, 6.07) is 28.6. The van der Waals surface area contributed by atoms with Gasteiger partial charge in [0.15, 0.2) is 0 Å². The molecular formula is C24H28NO2P. The van der Waals surface area contributed by atoms with Crippen LogP contribution >= 0.6 is 7.92 Å². The molecule has 0 bridgehead atoms. The molecule has 0 radical (unpaired) electrons. The Labute approximate surface area is 169 Å². The molecule has 3 nitrogen and oxygen atoms in total. The molecule has 0 amide bonds. The van der Waals surface area contributed by atoms with Gasteiger partial charge in [0.1, 0.15) is 5.75 Å². The zero-order chi connectivity index (χ0) is 19.8. The maximum Gasteiger partial charge on any atom is 0.127 e. The number of aliphatic hydroxyl groups excluding tert-OH is 1. The molecule has 2 N–H and O–H groups in total. The molecule has 0 spiro atoms. The van der Waals surface area contributed by atoms with Gasteiger partial charge in [-0.1, -0.05) is 78.9 Å². The topological polar surface area (TPSA) is 41.5 Å². The van der Waals surface area contributed by atoms with E-state index in [4.69, 9.17) is 4.74 Å². The van der Waals surface area contributed by atoms with Crippen molar-refractivity contribution in [3.63, 3.8) is 0 Å². The van der Waals surface area contributed by atoms with Crippen LogP contribution in [0.2, 0.25) is 0 Å². The van der Waals surface area contributed by atoms with Crippen LogP contribution in [0.25, 0.3) is 0 Å². The summed E-state index contributed by atoms with van der Waals surface area (Å²) in [6.45, 7) is 4.69. The summed E-state index contributed by atoms with van der Waals surface area (Å²) in [6.07, 6.45) is 0.227. The summed E-state index contributed by atoms with van der Waals surface area (Å²) in [7, 11) is -0.657. The molecule has 0 saturated heterocycles. The fraction of sp³-hybridized carbons (Fsp3) is 0.250. The van der Waals surface area contributed by atoms with Crippen molar-refractivity contribution in [3.8, 4) is 5.75 Å². The summed E-state index contributed by atoms with van der Waals surface area (Å²) < 4.78 is 5.90. The summed E-state index contributed by atoms with van der Waals surface area (Å²) in [5.74, 6) is 0.943. The van der Waals surface area contributed by atoms with Crippen molar-refractivity contribution in [2.45, 2.75) is 26.0 Å². The molecular weight excluding hydrogens is 365 g/mol. The van der Waals surface area contributed by atoms with Gasteiger partial charge >= 0.3 is 0 Å². The van der Waals surface area contributed by atoms with Crippen molar-refractivity contribution >= 4 is 18.5 Å². The molecule has 146 valence electrons. The monoisotopic (exact) mass is 393 g/mol. The second kappa shape index (κ2) is 10.4. The van der Waals surface area contributed by atoms with Crippen LogP contribution in [0, 0.1) is 0 Å². The molecule has 28 heavy (non-hydrogen) atoms. The maximum atomic E-state index is 10.7. The lowest BCUT2D eigenvalue weighted by Gasteiger charge is -2.26. The molecule has 0 aliphatic heterocycles. The minimum Gasteiger partial charge on any atom is -0.493 e. The van der Waals surface area contributed by atoms with Crippen molar-refractivity contribution in [2.24, 2.45) is 0 Å². The Balaban J connectivity index is 1.81. The highest BCUT2D eigenvalue weighted by atomic mass is 31.1. The quantitative estimate of drug-likeness (QED) is 0.536. The van der Waals surface area contributed by atoms with Crippen molar-refractivity contribution < 1.29 is 9.84 Å². The van der Waals surface area contributed by atoms with E-state index >= 15 is 0 Å². The summed E-state index contributed by atoms with van der Waals surface area (Å²) >= 11 is 0. The fourth-order valence-electron chi connectivity index (χ4n) is 3.17. The Hall–Kier alpha value is -2.19. The lowest BCUT2D eigenvalue weighted by molar-refractivity contribution is 0.139. The van der Waals surface area contributed by atoms with Gasteiger partial charge in [0.25, 0.3) is 0 Å². The number of aliphatic hydroxyl groups is 1. The van der Waals surface area contributed by atoms with Crippen LogP contribution in [0.1, 0.15) is 25.5 Å². The lowest BCUT2D eigenvalue weighted by Crippen LogP contribution is -2.35. The van der Waals surface area contributed by atoms with Gasteiger partial charge in [-0.2, -0.15) is 0 Å². The Morgan fingerprint density at radius 3 is 2.18 bits per heavy atom. The number of hydrogen-bond acceptors (Lipinski definition) is 3. The van der Waals surface area contributed by atoms with E-state index in [1.165, 1.54) is 10.6 Å². The van der Waals surface area contributed by atoms with Gasteiger partial charge in [-0.15, -0.1) is 0 Å². The second-order valence-electron chi connectivity index (χ2n) is 6.67. The molecule has 4 heteroatoms. The summed E-state index contributed by atoms with van der Waals surface area (Å²) in [5, 5.41) is 16.8. The predicted octanol–water partition coefficient (Wildman–Crippen LogP) is 4.19. The van der Waals surface area contributed by atoms with E-state index in [-0.39, 0.29) is 6.04 Å². The van der Waals surface area contributed by atoms with E-state index < -0.39 is 14.0 Å². The van der Waals surface area contributed by atoms with Gasteiger partial charge < -0.3 is 15.2 Å². The van der Waals surface area contributed by atoms with E-state index in [2.05, 4.69) is 41.7 Å². The number of ether oxygens (including phenoxy) is 1. The van der Waals surface area contributed by atoms with E-state index in [9.17, 15) is 5.11 Å². The van der Waals surface area contributed by atoms with Crippen LogP contribution in [0.15, 0.2) is 84.9 Å². The highest BCUT2D eigenvalue weighted by Crippen LogP contribution is 2.36. The first-order valence-electron chi connectivity index (χ1n) is 9.71. The van der Waals surface area contributed by atoms with E-state index in [0.717, 1.165) is 17.6 Å². The molecule has 0 saturated carbocycles. The Kier molecular flexibility index (Phi) is 7.62. The molecule has 0 fully saturated rings. The molecule has 0 aromatic heterocycles. The minimum atomic E-state index is -0.657. The zero-order valence-electron chi connectivity index (χ0n) is 16.5. The third-order valence-corrected chi connectivity index (χ3v) is 7.08. The van der Waals surface area contributed by atoms with Crippen LogP contribution in [0.5, 0.6) is 5.75 Å². The first-order chi connectivity index (χ1) is 13.7. The Morgan fingerprint density at radius 1 is 0.893 bits per heavy atom. The van der Waals surface area contributed by atoms with Crippen LogP contribution in [0.3, 0.4) is 0 Å². The third kappa shape index (κ3) is 5.20. The second-order valence-corrected chi connectivity index (χ2v) is 8.84. The SMILES string of the molecule is CCOc1ccccc1[P@@](CN[C@@H](C)[C@H](O)c1ccccc1)c1ccccc1. The van der Waals surface area contributed by atoms with Crippen LogP contribution in [-0.2, 0) is 0 Å². The molecule has 0 aliphatic rings. The van der Waals surface area contributed by atoms with Crippen LogP contribution < -0.4 is 20.7 Å². The Morgan fingerprint density at radius 2 is 1.50 bits per heavy atom. The molecule has 3 aromatic carbocycles. The average Bonchev–Trinajstić information content (AvgIpc) is 2.76. The number of benzene rings is 3. The average molecular weight is 393 g/mol. The molecule has 3 aromatic rings. The number of rotatable bonds is 9. The normalized spacial score (nSPS) is 14.2. The van der Waals surface area contributed by atoms with E-state index in [1.54, 1.807) is 0 Å². The van der Waals surface area contributed by atoms with Gasteiger partial charge in [-0.3, -0.25) is 0 Å². The standard InChI is InChI=1S/C24H28NO2P/c1-3-27-22-16-10-11-17-23(22)28(21-14-8-5-9-15-21)18-25-19(2)24(26)20-12-6-4-7-13-20/h4-17,19,24-26H,3,18H2,1-2H3/t19-,24-,28-/m0/s1. The van der Waals surface area contributed by atoms with Crippen LogP contribution in [0.4, 0.5) is 0 Å². The molecule has 3 rings (SSSR count). The zero-order valence-corrected chi connectivity index (χ0v) is 17.3. The van der Waals surface area contributed by atoms with E-state index in [1.807, 2.05) is 62.4 Å². The van der Waals surface area contributed by atoms with Gasteiger partial charge in [-0.05, 0) is 38.7 Å². The molecule has 0 heterocycles. The number of para-hydroxylation sites is 1. The Bertz CT molecular complexity index is 841. The molecule has 0 aliphatic carbocycles. The predicted molar refractivity (Wildman–Crippen MR) is 119 cm³/mol. The molecule has 0 unspecified atom stereocenters. The first kappa shape index (κ1) is 20.5. The van der Waals surface area contributed by atoms with Gasteiger partial charge in [-0.25, -0.2) is 0 Å². The van der Waals surface area contributed by atoms with Gasteiger partial charge in [0, 0.05) is 17.6 Å². The third-order valence-electron chi connectivity index (χ3n) is 4.71. The lowest BCUT2D eigenvalue weighted by atomic mass is 10.0. The van der Waals surface area contributed by atoms with Crippen molar-refractivity contribution in [1.82, 2.24) is 5.32 Å². The number of nitrogens with one attached hydrogen (secondary N) is 1. The minimum absolute atomic E-state index is 0.0598. The smallest absolute Gasteiger partial charge is 0.127 e. The van der Waals surface area contributed by atoms with Crippen molar-refractivity contribution in [2.75, 3.05) is 12.9 Å². The van der Waals surface area contributed by atoms with E-state index in [0.29, 0.717) is 6.61 Å². The summed E-state index contributed by atoms with van der Waals surface area (Å²) in [5.41, 5.74) is 0.932. The van der Waals surface area contributed by atoms with Crippen LogP contribution in [-0.4, -0.2) is 24.0 Å². The van der Waals surface area contributed by atoms with Gasteiger partial charge in [0.2, 0.25) is 0 Å². The fourth-order valence-corrected chi connectivity index (χ4v) is 5.47. The highest BCUT2D eigenvalue weighted by Gasteiger charge is 2.21. The highest BCUT2D eigenvalue weighted by molar-refractivity contribution is 7.73. The number of hydrogen-bond donors (Lipinski definition) is 2. The van der Waals surface area contributed by atoms with Gasteiger partial charge in [0.05, 0.1) is 12.7 Å². The molecule has 3 atom stereocenters. The van der Waals surface area contributed by atoms with Crippen molar-refractivity contribution in [3.05, 3.63) is 90.5 Å². The van der Waals surface area contributed by atoms with Crippen molar-refractivity contribution in [1.29, 1.82) is 0 Å². The largest absolute Gasteiger partial charge is 0.493 e. The summed E-state index contributed by atoms with van der Waals surface area (Å²) in [4.78, 5) is 0. The maximum absolute atomic E-state index is 10.7.